The van der Waals surface area contributed by atoms with Crippen LogP contribution in [0.4, 0.5) is 0 Å². The van der Waals surface area contributed by atoms with Gasteiger partial charge in [0.05, 0.1) is 7.11 Å². The second-order valence-electron chi connectivity index (χ2n) is 4.03. The molecule has 1 aromatic carbocycles. The molecule has 3 heteroatoms. The van der Waals surface area contributed by atoms with Gasteiger partial charge in [-0.05, 0) is 29.7 Å². The van der Waals surface area contributed by atoms with Gasteiger partial charge in [0.2, 0.25) is 0 Å². The smallest absolute Gasteiger partial charge is 0.119 e. The van der Waals surface area contributed by atoms with Gasteiger partial charge < -0.3 is 10.5 Å². The molecular weight excluding hydrogens is 206 g/mol. The molecule has 0 radical (unpaired) electrons. The molecule has 0 saturated carbocycles. The Morgan fingerprint density at radius 1 is 1.47 bits per heavy atom. The van der Waals surface area contributed by atoms with Gasteiger partial charge in [-0.3, -0.25) is 0 Å². The summed E-state index contributed by atoms with van der Waals surface area (Å²) in [6, 6.07) is 6.39. The van der Waals surface area contributed by atoms with Gasteiger partial charge >= 0.3 is 0 Å². The maximum Gasteiger partial charge on any atom is 0.119 e. The van der Waals surface area contributed by atoms with E-state index < -0.39 is 0 Å². The van der Waals surface area contributed by atoms with Crippen molar-refractivity contribution in [1.82, 2.24) is 0 Å². The minimum atomic E-state index is 0.153. The lowest BCUT2D eigenvalue weighted by Gasteiger charge is -2.14. The van der Waals surface area contributed by atoms with Gasteiger partial charge in [-0.15, -0.1) is 0 Å². The third-order valence-electron chi connectivity index (χ3n) is 2.86. The van der Waals surface area contributed by atoms with E-state index in [0.29, 0.717) is 5.25 Å². The molecule has 1 aliphatic heterocycles. The van der Waals surface area contributed by atoms with Crippen molar-refractivity contribution in [2.24, 2.45) is 5.73 Å². The maximum absolute atomic E-state index is 6.19. The lowest BCUT2D eigenvalue weighted by atomic mass is 9.98. The van der Waals surface area contributed by atoms with Crippen LogP contribution in [0.3, 0.4) is 0 Å². The van der Waals surface area contributed by atoms with Gasteiger partial charge in [-0.1, -0.05) is 13.0 Å². The summed E-state index contributed by atoms with van der Waals surface area (Å²) in [6.45, 7) is 2.24. The average Bonchev–Trinajstić information content (AvgIpc) is 2.38. The molecule has 1 unspecified atom stereocenters. The number of nitrogens with two attached hydrogens (primary N) is 1. The minimum absolute atomic E-state index is 0.153. The summed E-state index contributed by atoms with van der Waals surface area (Å²) in [6.07, 6.45) is 1.05. The molecule has 1 aliphatic rings. The Bertz CT molecular complexity index is 353. The first kappa shape index (κ1) is 10.8. The molecule has 82 valence electrons. The zero-order chi connectivity index (χ0) is 10.8. The van der Waals surface area contributed by atoms with Crippen molar-refractivity contribution in [3.63, 3.8) is 0 Å². The van der Waals surface area contributed by atoms with Crippen molar-refractivity contribution in [3.05, 3.63) is 29.3 Å². The predicted octanol–water partition coefficient (Wildman–Crippen LogP) is 2.72. The van der Waals surface area contributed by atoms with Crippen molar-refractivity contribution in [3.8, 4) is 5.75 Å². The van der Waals surface area contributed by atoms with E-state index in [-0.39, 0.29) is 6.04 Å². The first-order valence-electron chi connectivity index (χ1n) is 5.24. The summed E-state index contributed by atoms with van der Waals surface area (Å²) in [5.74, 6) is 1.97. The van der Waals surface area contributed by atoms with Gasteiger partial charge in [0, 0.05) is 17.0 Å². The highest BCUT2D eigenvalue weighted by atomic mass is 32.2. The van der Waals surface area contributed by atoms with E-state index in [9.17, 15) is 0 Å². The number of hydrogen-bond donors (Lipinski definition) is 1. The number of fused-ring (bicyclic) bond motifs is 1. The van der Waals surface area contributed by atoms with Gasteiger partial charge in [-0.25, -0.2) is 0 Å². The van der Waals surface area contributed by atoms with Crippen LogP contribution in [-0.4, -0.2) is 12.4 Å². The summed E-state index contributed by atoms with van der Waals surface area (Å²) < 4.78 is 5.23. The SMILES string of the molecule is COc1ccc2c(c1)[C@@H](N)CC(C)SC2. The molecule has 0 bridgehead atoms. The number of rotatable bonds is 1. The number of benzene rings is 1. The van der Waals surface area contributed by atoms with Crippen LogP contribution < -0.4 is 10.5 Å². The van der Waals surface area contributed by atoms with E-state index >= 15 is 0 Å². The second kappa shape index (κ2) is 4.45. The molecule has 0 fully saturated rings. The molecule has 1 heterocycles. The number of methoxy groups -OCH3 is 1. The van der Waals surface area contributed by atoms with Crippen LogP contribution in [0.15, 0.2) is 18.2 Å². The van der Waals surface area contributed by atoms with E-state index in [1.807, 2.05) is 17.8 Å². The second-order valence-corrected chi connectivity index (χ2v) is 5.46. The van der Waals surface area contributed by atoms with Crippen molar-refractivity contribution >= 4 is 11.8 Å². The molecule has 2 atom stereocenters. The fourth-order valence-electron chi connectivity index (χ4n) is 1.96. The molecular formula is C12H17NOS. The predicted molar refractivity (Wildman–Crippen MR) is 65.3 cm³/mol. The summed E-state index contributed by atoms with van der Waals surface area (Å²) in [5, 5.41) is 0.637. The Morgan fingerprint density at radius 3 is 3.00 bits per heavy atom. The van der Waals surface area contributed by atoms with E-state index in [2.05, 4.69) is 19.1 Å². The lowest BCUT2D eigenvalue weighted by Crippen LogP contribution is -2.14. The normalized spacial score (nSPS) is 25.5. The quantitative estimate of drug-likeness (QED) is 0.795. The first-order valence-corrected chi connectivity index (χ1v) is 6.29. The van der Waals surface area contributed by atoms with Crippen LogP contribution in [0.25, 0.3) is 0 Å². The zero-order valence-electron chi connectivity index (χ0n) is 9.19. The largest absolute Gasteiger partial charge is 0.497 e. The van der Waals surface area contributed by atoms with Crippen molar-refractivity contribution < 1.29 is 4.74 Å². The van der Waals surface area contributed by atoms with E-state index in [4.69, 9.17) is 10.5 Å². The van der Waals surface area contributed by atoms with Crippen LogP contribution in [0.2, 0.25) is 0 Å². The topological polar surface area (TPSA) is 35.2 Å². The fraction of sp³-hybridized carbons (Fsp3) is 0.500. The molecule has 15 heavy (non-hydrogen) atoms. The number of thioether (sulfide) groups is 1. The van der Waals surface area contributed by atoms with E-state index in [0.717, 1.165) is 17.9 Å². The lowest BCUT2D eigenvalue weighted by molar-refractivity contribution is 0.413. The van der Waals surface area contributed by atoms with E-state index in [1.54, 1.807) is 7.11 Å². The molecule has 2 rings (SSSR count). The maximum atomic E-state index is 6.19. The Hall–Kier alpha value is -0.670. The molecule has 0 saturated heterocycles. The monoisotopic (exact) mass is 223 g/mol. The Balaban J connectivity index is 2.36. The molecule has 0 aromatic heterocycles. The van der Waals surface area contributed by atoms with Crippen molar-refractivity contribution in [2.45, 2.75) is 30.4 Å². The van der Waals surface area contributed by atoms with Crippen LogP contribution in [0.5, 0.6) is 5.75 Å². The summed E-state index contributed by atoms with van der Waals surface area (Å²) in [4.78, 5) is 0. The number of ether oxygens (including phenoxy) is 1. The molecule has 0 amide bonds. The van der Waals surface area contributed by atoms with Gasteiger partial charge in [-0.2, -0.15) is 11.8 Å². The molecule has 0 aliphatic carbocycles. The highest BCUT2D eigenvalue weighted by molar-refractivity contribution is 7.99. The fourth-order valence-corrected chi connectivity index (χ4v) is 3.03. The van der Waals surface area contributed by atoms with Gasteiger partial charge in [0.1, 0.15) is 5.75 Å². The Kier molecular flexibility index (Phi) is 3.22. The Labute approximate surface area is 95.2 Å². The Morgan fingerprint density at radius 2 is 2.27 bits per heavy atom. The molecule has 0 spiro atoms. The van der Waals surface area contributed by atoms with Crippen LogP contribution >= 0.6 is 11.8 Å². The molecule has 2 nitrogen and oxygen atoms in total. The van der Waals surface area contributed by atoms with Gasteiger partial charge in [0.25, 0.3) is 0 Å². The zero-order valence-corrected chi connectivity index (χ0v) is 10.0. The summed E-state index contributed by atoms with van der Waals surface area (Å²) in [7, 11) is 1.70. The average molecular weight is 223 g/mol. The van der Waals surface area contributed by atoms with Gasteiger partial charge in [0.15, 0.2) is 0 Å². The number of hydrogen-bond acceptors (Lipinski definition) is 3. The molecule has 1 aromatic rings. The molecule has 2 N–H and O–H groups in total. The third-order valence-corrected chi connectivity index (χ3v) is 4.10. The van der Waals surface area contributed by atoms with E-state index in [1.165, 1.54) is 11.1 Å². The van der Waals surface area contributed by atoms with Crippen LogP contribution in [0, 0.1) is 0 Å². The third kappa shape index (κ3) is 2.29. The van der Waals surface area contributed by atoms with Crippen molar-refractivity contribution in [1.29, 1.82) is 0 Å². The summed E-state index contributed by atoms with van der Waals surface area (Å²) in [5.41, 5.74) is 8.81. The van der Waals surface area contributed by atoms with Crippen LogP contribution in [-0.2, 0) is 5.75 Å². The highest BCUT2D eigenvalue weighted by Crippen LogP contribution is 2.35. The summed E-state index contributed by atoms with van der Waals surface area (Å²) >= 11 is 1.98. The minimum Gasteiger partial charge on any atom is -0.497 e. The highest BCUT2D eigenvalue weighted by Gasteiger charge is 2.20. The first-order chi connectivity index (χ1) is 7.20. The van der Waals surface area contributed by atoms with Crippen molar-refractivity contribution in [2.75, 3.05) is 7.11 Å². The van der Waals surface area contributed by atoms with Crippen LogP contribution in [0.1, 0.15) is 30.5 Å². The standard InChI is InChI=1S/C12H17NOS/c1-8-5-12(13)11-6-10(14-2)4-3-9(11)7-15-8/h3-4,6,8,12H,5,7,13H2,1-2H3/t8?,12-/m0/s1.